The molecule has 2 N–H and O–H groups in total. The molecule has 5 heterocycles. The fourth-order valence-electron chi connectivity index (χ4n) is 8.77. The number of rotatable bonds is 17. The van der Waals surface area contributed by atoms with E-state index in [1.807, 2.05) is 0 Å². The molecule has 62 heavy (non-hydrogen) atoms. The summed E-state index contributed by atoms with van der Waals surface area (Å²) >= 11 is 4.32. The Morgan fingerprint density at radius 3 is 1.03 bits per heavy atom. The molecule has 4 aromatic carbocycles. The van der Waals surface area contributed by atoms with Gasteiger partial charge in [-0.25, -0.2) is 9.97 Å². The molecule has 0 spiro atoms. The fraction of sp³-hybridized carbons (Fsp3) is 0.214. The molecule has 0 unspecified atom stereocenters. The summed E-state index contributed by atoms with van der Waals surface area (Å²) < 4.78 is 6.28. The van der Waals surface area contributed by atoms with Crippen molar-refractivity contribution in [3.63, 3.8) is 0 Å². The predicted molar refractivity (Wildman–Crippen MR) is 266 cm³/mol. The lowest BCUT2D eigenvalue weighted by molar-refractivity contribution is 0.304. The van der Waals surface area contributed by atoms with Crippen LogP contribution < -0.4 is 4.74 Å². The molecule has 0 amide bonds. The van der Waals surface area contributed by atoms with Crippen LogP contribution in [0.2, 0.25) is 0 Å². The van der Waals surface area contributed by atoms with Crippen LogP contribution in [0.1, 0.15) is 87.0 Å². The van der Waals surface area contributed by atoms with Gasteiger partial charge in [-0.1, -0.05) is 154 Å². The molecule has 5 nitrogen and oxygen atoms in total. The van der Waals surface area contributed by atoms with Crippen LogP contribution in [0.5, 0.6) is 5.75 Å². The Balaban J connectivity index is 1.13. The zero-order valence-corrected chi connectivity index (χ0v) is 36.2. The topological polar surface area (TPSA) is 66.6 Å². The first-order valence-corrected chi connectivity index (χ1v) is 23.0. The van der Waals surface area contributed by atoms with E-state index in [1.165, 1.54) is 57.8 Å². The van der Waals surface area contributed by atoms with Crippen LogP contribution in [-0.4, -0.2) is 32.3 Å². The van der Waals surface area contributed by atoms with E-state index < -0.39 is 0 Å². The molecule has 7 aromatic rings. The SMILES string of the molecule is SCCCCCCCCCCCCOc1ccc(-c2c3nc(c(-c4ccccc4)c4ccc([nH]4)c(-c4ccccc4)c4nc(c(-c5ccccc5)c5ccc2[nH]5)C=C4)C=C3)cc1. The van der Waals surface area contributed by atoms with Crippen LogP contribution in [0.25, 0.3) is 90.9 Å². The third kappa shape index (κ3) is 9.41. The minimum Gasteiger partial charge on any atom is -0.494 e. The first-order chi connectivity index (χ1) is 30.7. The number of unbranched alkanes of at least 4 members (excludes halogenated alkanes) is 9. The number of aromatic nitrogens is 4. The van der Waals surface area contributed by atoms with Crippen LogP contribution in [0.3, 0.4) is 0 Å². The first-order valence-electron chi connectivity index (χ1n) is 22.4. The molecular formula is C56H54N4OS. The van der Waals surface area contributed by atoms with Gasteiger partial charge in [0.2, 0.25) is 0 Å². The molecule has 0 radical (unpaired) electrons. The molecule has 2 aliphatic heterocycles. The highest BCUT2D eigenvalue weighted by atomic mass is 32.1. The van der Waals surface area contributed by atoms with Crippen molar-refractivity contribution >= 4 is 59.0 Å². The first kappa shape index (κ1) is 41.0. The van der Waals surface area contributed by atoms with Crippen molar-refractivity contribution < 1.29 is 4.74 Å². The fourth-order valence-corrected chi connectivity index (χ4v) is 8.99. The zero-order valence-electron chi connectivity index (χ0n) is 35.3. The molecular weight excluding hydrogens is 777 g/mol. The maximum absolute atomic E-state index is 6.28. The summed E-state index contributed by atoms with van der Waals surface area (Å²) in [6.07, 6.45) is 21.4. The Labute approximate surface area is 371 Å². The normalized spacial score (nSPS) is 12.0. The standard InChI is InChI=1S/C56H54N4OS/c62-39-19-8-6-4-2-1-3-5-7-18-38-61-44-28-26-43(27-29-44)56-51-36-34-49(59-51)54(41-22-14-10-15-23-41)47-32-30-45(57-47)53(40-20-12-9-13-21-40)46-31-33-48(58-46)55(42-24-16-11-17-25-42)50-35-37-52(56)60-50/h9-17,20-37,57,60,62H,1-8,18-19,38-39H2. The second-order valence-corrected chi connectivity index (χ2v) is 16.7. The summed E-state index contributed by atoms with van der Waals surface area (Å²) in [7, 11) is 0. The number of thiol groups is 1. The summed E-state index contributed by atoms with van der Waals surface area (Å²) in [5.41, 5.74) is 16.0. The number of nitrogens with zero attached hydrogens (tertiary/aromatic N) is 2. The van der Waals surface area contributed by atoms with Gasteiger partial charge in [0.25, 0.3) is 0 Å². The van der Waals surface area contributed by atoms with Gasteiger partial charge in [0, 0.05) is 44.3 Å². The second-order valence-electron chi connectivity index (χ2n) is 16.2. The van der Waals surface area contributed by atoms with Crippen molar-refractivity contribution in [2.75, 3.05) is 12.4 Å². The number of hydrogen-bond acceptors (Lipinski definition) is 4. The van der Waals surface area contributed by atoms with E-state index in [0.717, 1.165) is 114 Å². The molecule has 9 rings (SSSR count). The lowest BCUT2D eigenvalue weighted by Crippen LogP contribution is -1.97. The lowest BCUT2D eigenvalue weighted by atomic mass is 10.0. The molecule has 2 aliphatic rings. The second kappa shape index (κ2) is 20.0. The zero-order chi connectivity index (χ0) is 41.9. The van der Waals surface area contributed by atoms with Gasteiger partial charge in [-0.3, -0.25) is 0 Å². The van der Waals surface area contributed by atoms with Crippen LogP contribution in [0, 0.1) is 0 Å². The van der Waals surface area contributed by atoms with Crippen LogP contribution in [0.4, 0.5) is 0 Å². The van der Waals surface area contributed by atoms with Crippen LogP contribution in [-0.2, 0) is 0 Å². The van der Waals surface area contributed by atoms with Gasteiger partial charge < -0.3 is 14.7 Å². The van der Waals surface area contributed by atoms with Gasteiger partial charge in [0.15, 0.2) is 0 Å². The van der Waals surface area contributed by atoms with Gasteiger partial charge >= 0.3 is 0 Å². The molecule has 6 heteroatoms. The summed E-state index contributed by atoms with van der Waals surface area (Å²) in [4.78, 5) is 18.6. The predicted octanol–water partition coefficient (Wildman–Crippen LogP) is 15.5. The summed E-state index contributed by atoms with van der Waals surface area (Å²) in [6.45, 7) is 0.728. The van der Waals surface area contributed by atoms with Crippen molar-refractivity contribution in [2.24, 2.45) is 0 Å². The molecule has 0 saturated carbocycles. The quantitative estimate of drug-likeness (QED) is 0.0632. The van der Waals surface area contributed by atoms with Gasteiger partial charge in [0.1, 0.15) is 5.75 Å². The number of H-pyrrole nitrogens is 2. The largest absolute Gasteiger partial charge is 0.494 e. The molecule has 0 atom stereocenters. The smallest absolute Gasteiger partial charge is 0.119 e. The van der Waals surface area contributed by atoms with Crippen molar-refractivity contribution in [2.45, 2.75) is 64.2 Å². The Hall–Kier alpha value is -6.37. The van der Waals surface area contributed by atoms with Crippen LogP contribution in [0.15, 0.2) is 140 Å². The number of ether oxygens (including phenoxy) is 1. The highest BCUT2D eigenvalue weighted by Crippen LogP contribution is 2.38. The van der Waals surface area contributed by atoms with E-state index in [0.29, 0.717) is 0 Å². The van der Waals surface area contributed by atoms with E-state index in [1.54, 1.807) is 0 Å². The molecule has 3 aromatic heterocycles. The third-order valence-corrected chi connectivity index (χ3v) is 12.2. The minimum absolute atomic E-state index is 0.728. The Morgan fingerprint density at radius 1 is 0.355 bits per heavy atom. The minimum atomic E-state index is 0.728. The van der Waals surface area contributed by atoms with Gasteiger partial charge in [-0.2, -0.15) is 12.6 Å². The monoisotopic (exact) mass is 830 g/mol. The summed E-state index contributed by atoms with van der Waals surface area (Å²) in [6, 6.07) is 48.9. The van der Waals surface area contributed by atoms with Gasteiger partial charge in [0.05, 0.1) is 29.4 Å². The molecule has 0 fully saturated rings. The molecule has 0 aliphatic carbocycles. The Bertz CT molecular complexity index is 2780. The highest BCUT2D eigenvalue weighted by molar-refractivity contribution is 7.80. The Morgan fingerprint density at radius 2 is 0.677 bits per heavy atom. The van der Waals surface area contributed by atoms with E-state index >= 15 is 0 Å². The van der Waals surface area contributed by atoms with Gasteiger partial charge in [-0.05, 0) is 102 Å². The van der Waals surface area contributed by atoms with E-state index in [9.17, 15) is 0 Å². The Kier molecular flexibility index (Phi) is 13.2. The average molecular weight is 831 g/mol. The third-order valence-electron chi connectivity index (χ3n) is 11.9. The van der Waals surface area contributed by atoms with E-state index in [2.05, 4.69) is 186 Å². The average Bonchev–Trinajstić information content (AvgIpc) is 4.17. The van der Waals surface area contributed by atoms with Gasteiger partial charge in [-0.15, -0.1) is 0 Å². The van der Waals surface area contributed by atoms with Crippen molar-refractivity contribution in [3.05, 3.63) is 162 Å². The van der Waals surface area contributed by atoms with Crippen molar-refractivity contribution in [1.29, 1.82) is 0 Å². The van der Waals surface area contributed by atoms with E-state index in [-0.39, 0.29) is 0 Å². The maximum Gasteiger partial charge on any atom is 0.119 e. The maximum atomic E-state index is 6.28. The highest BCUT2D eigenvalue weighted by Gasteiger charge is 2.19. The number of benzene rings is 4. The molecule has 0 saturated heterocycles. The van der Waals surface area contributed by atoms with Crippen molar-refractivity contribution in [3.8, 4) is 50.3 Å². The number of hydrogen-bond donors (Lipinski definition) is 3. The molecule has 310 valence electrons. The summed E-state index contributed by atoms with van der Waals surface area (Å²) in [5.74, 6) is 1.90. The number of nitrogens with one attached hydrogen (secondary N) is 2. The summed E-state index contributed by atoms with van der Waals surface area (Å²) in [5, 5.41) is 0. The van der Waals surface area contributed by atoms with E-state index in [4.69, 9.17) is 14.7 Å². The molecule has 8 bridgehead atoms. The lowest BCUT2D eigenvalue weighted by Gasteiger charge is -2.09. The van der Waals surface area contributed by atoms with Crippen molar-refractivity contribution in [1.82, 2.24) is 19.9 Å². The van der Waals surface area contributed by atoms with Crippen LogP contribution >= 0.6 is 12.6 Å². The number of aromatic amines is 2. The number of fused-ring (bicyclic) bond motifs is 8.